The van der Waals surface area contributed by atoms with E-state index in [0.29, 0.717) is 52.1 Å². The van der Waals surface area contributed by atoms with Gasteiger partial charge in [-0.2, -0.15) is 4.31 Å². The van der Waals surface area contributed by atoms with E-state index in [9.17, 15) is 18.0 Å². The summed E-state index contributed by atoms with van der Waals surface area (Å²) in [6.07, 6.45) is 2.68. The number of hydrogen-bond acceptors (Lipinski definition) is 5. The van der Waals surface area contributed by atoms with E-state index in [0.717, 1.165) is 19.4 Å². The zero-order valence-electron chi connectivity index (χ0n) is 15.9. The summed E-state index contributed by atoms with van der Waals surface area (Å²) < 4.78 is 26.3. The zero-order valence-corrected chi connectivity index (χ0v) is 16.8. The van der Waals surface area contributed by atoms with Crippen LogP contribution in [0.2, 0.25) is 0 Å². The van der Waals surface area contributed by atoms with Crippen molar-refractivity contribution in [1.29, 1.82) is 0 Å². The van der Waals surface area contributed by atoms with Gasteiger partial charge in [0.2, 0.25) is 21.8 Å². The zero-order chi connectivity index (χ0) is 19.2. The molecule has 2 aliphatic heterocycles. The predicted molar refractivity (Wildman–Crippen MR) is 100 cm³/mol. The maximum atomic E-state index is 13.0. The van der Waals surface area contributed by atoms with E-state index < -0.39 is 16.1 Å². The van der Waals surface area contributed by atoms with E-state index in [2.05, 4.69) is 10.2 Å². The van der Waals surface area contributed by atoms with Gasteiger partial charge in [0.1, 0.15) is 6.04 Å². The highest BCUT2D eigenvalue weighted by Crippen LogP contribution is 2.24. The molecule has 0 aromatic carbocycles. The van der Waals surface area contributed by atoms with E-state index in [4.69, 9.17) is 0 Å². The van der Waals surface area contributed by atoms with Crippen LogP contribution in [0.4, 0.5) is 0 Å². The molecule has 0 spiro atoms. The summed E-state index contributed by atoms with van der Waals surface area (Å²) in [6, 6.07) is -0.554. The van der Waals surface area contributed by atoms with Crippen molar-refractivity contribution < 1.29 is 18.0 Å². The van der Waals surface area contributed by atoms with Crippen LogP contribution in [0, 0.1) is 0 Å². The first-order valence-electron chi connectivity index (χ1n) is 9.66. The van der Waals surface area contributed by atoms with Crippen molar-refractivity contribution in [3.63, 3.8) is 0 Å². The molecule has 8 nitrogen and oxygen atoms in total. The molecule has 0 saturated carbocycles. The minimum atomic E-state index is -3.36. The highest BCUT2D eigenvalue weighted by atomic mass is 32.2. The van der Waals surface area contributed by atoms with Crippen LogP contribution in [-0.2, 0) is 19.6 Å². The monoisotopic (exact) mass is 388 g/mol. The van der Waals surface area contributed by atoms with Gasteiger partial charge >= 0.3 is 0 Å². The van der Waals surface area contributed by atoms with Gasteiger partial charge in [0.15, 0.2) is 0 Å². The molecule has 0 aromatic heterocycles. The second kappa shape index (κ2) is 9.66. The fourth-order valence-electron chi connectivity index (χ4n) is 3.71. The second-order valence-electron chi connectivity index (χ2n) is 6.99. The Morgan fingerprint density at radius 2 is 1.81 bits per heavy atom. The van der Waals surface area contributed by atoms with Gasteiger partial charge in [-0.3, -0.25) is 14.5 Å². The lowest BCUT2D eigenvalue weighted by Crippen LogP contribution is -2.49. The Bertz CT molecular complexity index is 596. The summed E-state index contributed by atoms with van der Waals surface area (Å²) in [7, 11) is -3.36. The molecule has 0 bridgehead atoms. The first kappa shape index (κ1) is 21.1. The van der Waals surface area contributed by atoms with Crippen LogP contribution in [0.1, 0.15) is 39.5 Å². The molecule has 1 N–H and O–H groups in total. The molecule has 2 rings (SSSR count). The largest absolute Gasteiger partial charge is 0.355 e. The lowest BCUT2D eigenvalue weighted by Gasteiger charge is -2.29. The van der Waals surface area contributed by atoms with Crippen molar-refractivity contribution in [2.24, 2.45) is 0 Å². The standard InChI is InChI=1S/C17H32N4O4S/c1-3-13-26(24,25)21-10-5-7-15(21)17(23)20-9-6-8-19(11-12-20)14-16(22)18-4-2/h15H,3-14H2,1-2H3,(H,18,22). The summed E-state index contributed by atoms with van der Waals surface area (Å²) >= 11 is 0. The van der Waals surface area contributed by atoms with E-state index >= 15 is 0 Å². The van der Waals surface area contributed by atoms with Crippen LogP contribution in [0.25, 0.3) is 0 Å². The molecule has 0 radical (unpaired) electrons. The number of amides is 2. The minimum absolute atomic E-state index is 0.0000893. The molecule has 9 heteroatoms. The number of sulfonamides is 1. The van der Waals surface area contributed by atoms with Crippen LogP contribution in [0.5, 0.6) is 0 Å². The average Bonchev–Trinajstić information content (AvgIpc) is 2.97. The van der Waals surface area contributed by atoms with Crippen LogP contribution >= 0.6 is 0 Å². The molecule has 26 heavy (non-hydrogen) atoms. The lowest BCUT2D eigenvalue weighted by atomic mass is 10.2. The SMILES string of the molecule is CCCS(=O)(=O)N1CCCC1C(=O)N1CCCN(CC(=O)NCC)CC1. The molecular weight excluding hydrogens is 356 g/mol. The fraction of sp³-hybridized carbons (Fsp3) is 0.882. The topological polar surface area (TPSA) is 90.0 Å². The Morgan fingerprint density at radius 1 is 1.04 bits per heavy atom. The Morgan fingerprint density at radius 3 is 2.50 bits per heavy atom. The van der Waals surface area contributed by atoms with Crippen molar-refractivity contribution in [1.82, 2.24) is 19.4 Å². The van der Waals surface area contributed by atoms with Crippen LogP contribution in [0.15, 0.2) is 0 Å². The van der Waals surface area contributed by atoms with Crippen molar-refractivity contribution in [3.8, 4) is 0 Å². The van der Waals surface area contributed by atoms with Crippen LogP contribution in [0.3, 0.4) is 0 Å². The van der Waals surface area contributed by atoms with Crippen LogP contribution in [-0.4, -0.2) is 91.9 Å². The smallest absolute Gasteiger partial charge is 0.241 e. The first-order valence-corrected chi connectivity index (χ1v) is 11.3. The van der Waals surface area contributed by atoms with Gasteiger partial charge in [0.05, 0.1) is 12.3 Å². The molecule has 0 aromatic rings. The number of nitrogens with zero attached hydrogens (tertiary/aromatic N) is 3. The number of hydrogen-bond donors (Lipinski definition) is 1. The highest BCUT2D eigenvalue weighted by molar-refractivity contribution is 7.89. The maximum Gasteiger partial charge on any atom is 0.241 e. The Balaban J connectivity index is 1.96. The van der Waals surface area contributed by atoms with E-state index in [-0.39, 0.29) is 17.6 Å². The van der Waals surface area contributed by atoms with E-state index in [1.807, 2.05) is 13.8 Å². The van der Waals surface area contributed by atoms with Gasteiger partial charge in [-0.15, -0.1) is 0 Å². The third-order valence-electron chi connectivity index (χ3n) is 4.95. The Kier molecular flexibility index (Phi) is 7.85. The van der Waals surface area contributed by atoms with Gasteiger partial charge in [-0.1, -0.05) is 6.92 Å². The third kappa shape index (κ3) is 5.40. The molecule has 2 amide bonds. The summed E-state index contributed by atoms with van der Waals surface area (Å²) in [6.45, 7) is 7.68. The molecule has 2 heterocycles. The molecule has 150 valence electrons. The van der Waals surface area contributed by atoms with Crippen molar-refractivity contribution in [3.05, 3.63) is 0 Å². The van der Waals surface area contributed by atoms with Gasteiger partial charge in [0, 0.05) is 39.3 Å². The summed E-state index contributed by atoms with van der Waals surface area (Å²) in [5.41, 5.74) is 0. The normalized spacial score (nSPS) is 23.0. The summed E-state index contributed by atoms with van der Waals surface area (Å²) in [5.74, 6) is 0.0128. The van der Waals surface area contributed by atoms with Gasteiger partial charge < -0.3 is 10.2 Å². The number of carbonyl (C=O) groups excluding carboxylic acids is 2. The molecule has 1 unspecified atom stereocenters. The number of likely N-dealkylation sites (N-methyl/N-ethyl adjacent to an activating group) is 1. The molecule has 2 aliphatic rings. The Hall–Kier alpha value is -1.19. The second-order valence-corrected chi connectivity index (χ2v) is 9.03. The quantitative estimate of drug-likeness (QED) is 0.656. The first-order chi connectivity index (χ1) is 12.4. The van der Waals surface area contributed by atoms with E-state index in [1.54, 1.807) is 4.90 Å². The predicted octanol–water partition coefficient (Wildman–Crippen LogP) is -0.139. The van der Waals surface area contributed by atoms with Gasteiger partial charge in [0.25, 0.3) is 0 Å². The molecule has 2 saturated heterocycles. The van der Waals surface area contributed by atoms with Gasteiger partial charge in [-0.25, -0.2) is 8.42 Å². The number of carbonyl (C=O) groups is 2. The molecule has 2 fully saturated rings. The number of rotatable bonds is 7. The minimum Gasteiger partial charge on any atom is -0.355 e. The van der Waals surface area contributed by atoms with Crippen LogP contribution < -0.4 is 5.32 Å². The highest BCUT2D eigenvalue weighted by Gasteiger charge is 2.40. The van der Waals surface area contributed by atoms with Crippen molar-refractivity contribution in [2.45, 2.75) is 45.6 Å². The van der Waals surface area contributed by atoms with Gasteiger partial charge in [-0.05, 0) is 32.6 Å². The summed E-state index contributed by atoms with van der Waals surface area (Å²) in [4.78, 5) is 28.6. The third-order valence-corrected chi connectivity index (χ3v) is 7.03. The van der Waals surface area contributed by atoms with E-state index in [1.165, 1.54) is 4.31 Å². The lowest BCUT2D eigenvalue weighted by molar-refractivity contribution is -0.134. The average molecular weight is 389 g/mol. The number of nitrogens with one attached hydrogen (secondary N) is 1. The van der Waals surface area contributed by atoms with Crippen molar-refractivity contribution in [2.75, 3.05) is 51.6 Å². The fourth-order valence-corrected chi connectivity index (χ4v) is 5.45. The molecule has 0 aliphatic carbocycles. The van der Waals surface area contributed by atoms with Crippen molar-refractivity contribution >= 4 is 21.8 Å². The maximum absolute atomic E-state index is 13.0. The molecule has 1 atom stereocenters. The summed E-state index contributed by atoms with van der Waals surface area (Å²) in [5, 5.41) is 2.79. The molecular formula is C17H32N4O4S. The Labute approximate surface area is 156 Å².